The Hall–Kier alpha value is -1.28. The number of carboxylic acid groups (broad SMARTS) is 1. The van der Waals surface area contributed by atoms with Gasteiger partial charge in [0, 0.05) is 10.6 Å². The standard InChI is InChI=1S/C6H5Cl.C5H8O2/c7-6-4-2-1-3-5-6;1-3-4(2)5(6)7/h1-5H;3H,1-2H3,(H,6,7). The zero-order valence-electron chi connectivity index (χ0n) is 8.20. The molecule has 1 N–H and O–H groups in total. The number of aliphatic carboxylic acids is 1. The summed E-state index contributed by atoms with van der Waals surface area (Å²) < 4.78 is 0. The third-order valence-electron chi connectivity index (χ3n) is 1.50. The Morgan fingerprint density at radius 1 is 1.36 bits per heavy atom. The molecule has 3 heteroatoms. The van der Waals surface area contributed by atoms with Gasteiger partial charge in [-0.25, -0.2) is 4.79 Å². The smallest absolute Gasteiger partial charge is 0.330 e. The summed E-state index contributed by atoms with van der Waals surface area (Å²) in [7, 11) is 0. The van der Waals surface area contributed by atoms with Crippen molar-refractivity contribution in [1.82, 2.24) is 0 Å². The lowest BCUT2D eigenvalue weighted by Crippen LogP contribution is -1.93. The number of carboxylic acids is 1. The summed E-state index contributed by atoms with van der Waals surface area (Å²) in [5, 5.41) is 8.91. The molecule has 0 fully saturated rings. The van der Waals surface area contributed by atoms with Crippen molar-refractivity contribution in [2.24, 2.45) is 0 Å². The molecule has 14 heavy (non-hydrogen) atoms. The van der Waals surface area contributed by atoms with Gasteiger partial charge in [0.1, 0.15) is 0 Å². The molecule has 0 amide bonds. The molecule has 0 aliphatic rings. The van der Waals surface area contributed by atoms with Crippen LogP contribution in [0.25, 0.3) is 0 Å². The second-order valence-electron chi connectivity index (χ2n) is 2.57. The van der Waals surface area contributed by atoms with Gasteiger partial charge in [-0.2, -0.15) is 0 Å². The van der Waals surface area contributed by atoms with Crippen LogP contribution >= 0.6 is 11.6 Å². The Labute approximate surface area is 88.8 Å². The third kappa shape index (κ3) is 6.26. The number of hydrogen-bond acceptors (Lipinski definition) is 1. The fraction of sp³-hybridized carbons (Fsp3) is 0.182. The molecule has 0 aliphatic heterocycles. The van der Waals surface area contributed by atoms with Gasteiger partial charge in [0.05, 0.1) is 0 Å². The van der Waals surface area contributed by atoms with Gasteiger partial charge in [0.2, 0.25) is 0 Å². The maximum absolute atomic E-state index is 9.86. The lowest BCUT2D eigenvalue weighted by Gasteiger charge is -1.84. The van der Waals surface area contributed by atoms with E-state index in [9.17, 15) is 4.79 Å². The second-order valence-corrected chi connectivity index (χ2v) is 3.01. The number of rotatable bonds is 1. The predicted octanol–water partition coefficient (Wildman–Crippen LogP) is 3.38. The fourth-order valence-corrected chi connectivity index (χ4v) is 0.684. The zero-order valence-corrected chi connectivity index (χ0v) is 8.95. The van der Waals surface area contributed by atoms with E-state index in [1.807, 2.05) is 30.3 Å². The van der Waals surface area contributed by atoms with Crippen LogP contribution in [0.4, 0.5) is 0 Å². The molecule has 0 heterocycles. The first-order valence-electron chi connectivity index (χ1n) is 4.14. The molecule has 1 aromatic rings. The maximum Gasteiger partial charge on any atom is 0.330 e. The highest BCUT2D eigenvalue weighted by Crippen LogP contribution is 2.03. The third-order valence-corrected chi connectivity index (χ3v) is 1.76. The molecule has 0 bridgehead atoms. The minimum atomic E-state index is -0.845. The van der Waals surface area contributed by atoms with Crippen LogP contribution in [0, 0.1) is 0 Å². The van der Waals surface area contributed by atoms with Crippen molar-refractivity contribution >= 4 is 17.6 Å². The van der Waals surface area contributed by atoms with E-state index in [1.165, 1.54) is 0 Å². The van der Waals surface area contributed by atoms with Gasteiger partial charge >= 0.3 is 5.97 Å². The SMILES string of the molecule is CC=C(C)C(=O)O.Clc1ccccc1. The lowest BCUT2D eigenvalue weighted by atomic mass is 10.3. The Kier molecular flexibility index (Phi) is 6.50. The molecule has 2 nitrogen and oxygen atoms in total. The van der Waals surface area contributed by atoms with Gasteiger partial charge in [-0.15, -0.1) is 0 Å². The largest absolute Gasteiger partial charge is 0.478 e. The molecule has 0 saturated heterocycles. The monoisotopic (exact) mass is 212 g/mol. The van der Waals surface area contributed by atoms with E-state index in [-0.39, 0.29) is 0 Å². The minimum absolute atomic E-state index is 0.389. The van der Waals surface area contributed by atoms with Crippen molar-refractivity contribution in [1.29, 1.82) is 0 Å². The predicted molar refractivity (Wildman–Crippen MR) is 58.5 cm³/mol. The van der Waals surface area contributed by atoms with Gasteiger partial charge in [0.15, 0.2) is 0 Å². The van der Waals surface area contributed by atoms with E-state index >= 15 is 0 Å². The molecule has 0 aliphatic carbocycles. The van der Waals surface area contributed by atoms with Crippen molar-refractivity contribution < 1.29 is 9.90 Å². The van der Waals surface area contributed by atoms with Crippen LogP contribution in [-0.4, -0.2) is 11.1 Å². The highest BCUT2D eigenvalue weighted by Gasteiger charge is 1.93. The normalized spacial score (nSPS) is 10.1. The van der Waals surface area contributed by atoms with Crippen LogP contribution in [0.15, 0.2) is 42.0 Å². The molecular formula is C11H13ClO2. The second kappa shape index (κ2) is 7.15. The Morgan fingerprint density at radius 3 is 2.00 bits per heavy atom. The summed E-state index contributed by atoms with van der Waals surface area (Å²) >= 11 is 5.54. The highest BCUT2D eigenvalue weighted by atomic mass is 35.5. The minimum Gasteiger partial charge on any atom is -0.478 e. The van der Waals surface area contributed by atoms with Crippen LogP contribution in [0.5, 0.6) is 0 Å². The Morgan fingerprint density at radius 2 is 1.86 bits per heavy atom. The van der Waals surface area contributed by atoms with E-state index in [0.717, 1.165) is 5.02 Å². The summed E-state index contributed by atoms with van der Waals surface area (Å²) in [6.45, 7) is 3.26. The molecule has 0 atom stereocenters. The van der Waals surface area contributed by atoms with Crippen LogP contribution in [0.2, 0.25) is 5.02 Å². The number of benzene rings is 1. The summed E-state index contributed by atoms with van der Waals surface area (Å²) in [5.41, 5.74) is 0.389. The van der Waals surface area contributed by atoms with Crippen molar-refractivity contribution in [3.8, 4) is 0 Å². The van der Waals surface area contributed by atoms with Gasteiger partial charge in [0.25, 0.3) is 0 Å². The average Bonchev–Trinajstić information content (AvgIpc) is 2.18. The van der Waals surface area contributed by atoms with Crippen LogP contribution in [-0.2, 0) is 4.79 Å². The first kappa shape index (κ1) is 12.7. The molecule has 0 aromatic heterocycles. The Bertz CT molecular complexity index is 304. The fourth-order valence-electron chi connectivity index (χ4n) is 0.538. The summed E-state index contributed by atoms with van der Waals surface area (Å²) in [6, 6.07) is 9.44. The highest BCUT2D eigenvalue weighted by molar-refractivity contribution is 6.30. The van der Waals surface area contributed by atoms with Crippen molar-refractivity contribution in [3.63, 3.8) is 0 Å². The summed E-state index contributed by atoms with van der Waals surface area (Å²) in [6.07, 6.45) is 1.56. The molecular weight excluding hydrogens is 200 g/mol. The van der Waals surface area contributed by atoms with E-state index in [1.54, 1.807) is 19.9 Å². The summed E-state index contributed by atoms with van der Waals surface area (Å²) in [5.74, 6) is -0.845. The van der Waals surface area contributed by atoms with E-state index in [2.05, 4.69) is 0 Å². The molecule has 0 radical (unpaired) electrons. The molecule has 1 rings (SSSR count). The number of carbonyl (C=O) groups is 1. The van der Waals surface area contributed by atoms with Crippen LogP contribution in [0.3, 0.4) is 0 Å². The molecule has 0 saturated carbocycles. The topological polar surface area (TPSA) is 37.3 Å². The molecule has 1 aromatic carbocycles. The number of halogens is 1. The van der Waals surface area contributed by atoms with Gasteiger partial charge in [-0.05, 0) is 26.0 Å². The van der Waals surface area contributed by atoms with Gasteiger partial charge in [-0.1, -0.05) is 35.9 Å². The van der Waals surface area contributed by atoms with Crippen molar-refractivity contribution in [2.45, 2.75) is 13.8 Å². The number of allylic oxidation sites excluding steroid dienone is 1. The molecule has 76 valence electrons. The van der Waals surface area contributed by atoms with Crippen molar-refractivity contribution in [3.05, 3.63) is 47.0 Å². The molecule has 0 unspecified atom stereocenters. The first-order chi connectivity index (χ1) is 6.57. The van der Waals surface area contributed by atoms with Crippen LogP contribution < -0.4 is 0 Å². The zero-order chi connectivity index (χ0) is 11.0. The van der Waals surface area contributed by atoms with E-state index in [0.29, 0.717) is 5.57 Å². The summed E-state index contributed by atoms with van der Waals surface area (Å²) in [4.78, 5) is 9.86. The van der Waals surface area contributed by atoms with Crippen LogP contribution in [0.1, 0.15) is 13.8 Å². The first-order valence-corrected chi connectivity index (χ1v) is 4.52. The van der Waals surface area contributed by atoms with E-state index < -0.39 is 5.97 Å². The van der Waals surface area contributed by atoms with Gasteiger partial charge < -0.3 is 5.11 Å². The quantitative estimate of drug-likeness (QED) is 0.725. The van der Waals surface area contributed by atoms with Gasteiger partial charge in [-0.3, -0.25) is 0 Å². The molecule has 0 spiro atoms. The number of hydrogen-bond donors (Lipinski definition) is 1. The Balaban J connectivity index is 0.000000241. The van der Waals surface area contributed by atoms with Crippen molar-refractivity contribution in [2.75, 3.05) is 0 Å². The average molecular weight is 213 g/mol. The van der Waals surface area contributed by atoms with E-state index in [4.69, 9.17) is 16.7 Å². The maximum atomic E-state index is 9.86. The lowest BCUT2D eigenvalue weighted by molar-refractivity contribution is -0.132.